The number of aromatic nitrogens is 2. The first-order chi connectivity index (χ1) is 9.10. The van der Waals surface area contributed by atoms with E-state index in [-0.39, 0.29) is 12.1 Å². The van der Waals surface area contributed by atoms with Gasteiger partial charge < -0.3 is 10.5 Å². The van der Waals surface area contributed by atoms with Gasteiger partial charge in [-0.3, -0.25) is 4.68 Å². The molecule has 2 rings (SSSR count). The van der Waals surface area contributed by atoms with Crippen LogP contribution >= 0.6 is 22.6 Å². The molecule has 1 aromatic heterocycles. The molecule has 0 aliphatic carbocycles. The van der Waals surface area contributed by atoms with Crippen molar-refractivity contribution < 1.29 is 4.74 Å². The topological polar surface area (TPSA) is 53.1 Å². The van der Waals surface area contributed by atoms with Crippen LogP contribution in [0.4, 0.5) is 0 Å². The first kappa shape index (κ1) is 14.3. The number of hydrogen-bond donors (Lipinski definition) is 1. The van der Waals surface area contributed by atoms with Crippen LogP contribution in [0.2, 0.25) is 0 Å². The average Bonchev–Trinajstić information content (AvgIpc) is 2.81. The largest absolute Gasteiger partial charge is 0.484 e. The molecule has 0 saturated heterocycles. The molecule has 102 valence electrons. The Morgan fingerprint density at radius 2 is 2.26 bits per heavy atom. The van der Waals surface area contributed by atoms with Gasteiger partial charge in [-0.15, -0.1) is 0 Å². The Bertz CT molecular complexity index is 541. The van der Waals surface area contributed by atoms with Gasteiger partial charge in [0, 0.05) is 28.4 Å². The van der Waals surface area contributed by atoms with Gasteiger partial charge in [-0.25, -0.2) is 0 Å². The van der Waals surface area contributed by atoms with Crippen molar-refractivity contribution in [3.63, 3.8) is 0 Å². The third kappa shape index (κ3) is 3.70. The summed E-state index contributed by atoms with van der Waals surface area (Å²) in [4.78, 5) is 0. The molecule has 4 nitrogen and oxygen atoms in total. The first-order valence-corrected chi connectivity index (χ1v) is 7.34. The maximum absolute atomic E-state index is 6.18. The van der Waals surface area contributed by atoms with E-state index in [0.717, 1.165) is 21.3 Å². The normalized spacial score (nSPS) is 14.1. The molecule has 2 unspecified atom stereocenters. The highest BCUT2D eigenvalue weighted by Crippen LogP contribution is 2.26. The fraction of sp³-hybridized carbons (Fsp3) is 0.357. The van der Waals surface area contributed by atoms with Gasteiger partial charge in [-0.2, -0.15) is 5.10 Å². The van der Waals surface area contributed by atoms with Crippen molar-refractivity contribution in [3.05, 3.63) is 45.8 Å². The molecule has 0 fully saturated rings. The Morgan fingerprint density at radius 1 is 1.47 bits per heavy atom. The van der Waals surface area contributed by atoms with Crippen molar-refractivity contribution in [2.75, 3.05) is 0 Å². The summed E-state index contributed by atoms with van der Waals surface area (Å²) in [7, 11) is 1.89. The average molecular weight is 371 g/mol. The number of ether oxygens (including phenoxy) is 1. The predicted octanol–water partition coefficient (Wildman–Crippen LogP) is 2.88. The fourth-order valence-corrected chi connectivity index (χ4v) is 2.41. The third-order valence-electron chi connectivity index (χ3n) is 2.97. The van der Waals surface area contributed by atoms with Crippen molar-refractivity contribution in [3.8, 4) is 5.75 Å². The third-order valence-corrected chi connectivity index (χ3v) is 3.64. The van der Waals surface area contributed by atoms with Crippen LogP contribution in [0.15, 0.2) is 36.7 Å². The summed E-state index contributed by atoms with van der Waals surface area (Å²) in [5.74, 6) is 0.838. The van der Waals surface area contributed by atoms with Crippen LogP contribution in [0.1, 0.15) is 25.0 Å². The SMILES string of the molecule is CCC(N)C(Oc1cccc(I)c1)c1cnn(C)c1. The van der Waals surface area contributed by atoms with E-state index in [1.165, 1.54) is 0 Å². The molecule has 2 aromatic rings. The van der Waals surface area contributed by atoms with Crippen LogP contribution in [0, 0.1) is 3.57 Å². The van der Waals surface area contributed by atoms with Gasteiger partial charge in [0.1, 0.15) is 11.9 Å². The second-order valence-corrected chi connectivity index (χ2v) is 5.76. The molecular formula is C14H18IN3O. The van der Waals surface area contributed by atoms with E-state index >= 15 is 0 Å². The van der Waals surface area contributed by atoms with Gasteiger partial charge in [0.2, 0.25) is 0 Å². The summed E-state index contributed by atoms with van der Waals surface area (Å²) in [5, 5.41) is 4.19. The minimum absolute atomic E-state index is 0.0536. The summed E-state index contributed by atoms with van der Waals surface area (Å²) < 4.78 is 8.97. The molecule has 0 aliphatic heterocycles. The molecule has 0 aliphatic rings. The Kier molecular flexibility index (Phi) is 4.81. The van der Waals surface area contributed by atoms with Crippen LogP contribution in [0.5, 0.6) is 5.75 Å². The van der Waals surface area contributed by atoms with E-state index in [1.807, 2.05) is 43.7 Å². The molecule has 19 heavy (non-hydrogen) atoms. The Hall–Kier alpha value is -1.08. The van der Waals surface area contributed by atoms with E-state index in [4.69, 9.17) is 10.5 Å². The fourth-order valence-electron chi connectivity index (χ4n) is 1.89. The van der Waals surface area contributed by atoms with Gasteiger partial charge >= 0.3 is 0 Å². The van der Waals surface area contributed by atoms with E-state index < -0.39 is 0 Å². The van der Waals surface area contributed by atoms with Crippen LogP contribution in [-0.2, 0) is 7.05 Å². The van der Waals surface area contributed by atoms with E-state index in [0.29, 0.717) is 0 Å². The molecule has 0 radical (unpaired) electrons. The van der Waals surface area contributed by atoms with Gasteiger partial charge in [0.05, 0.1) is 6.20 Å². The van der Waals surface area contributed by atoms with E-state index in [1.54, 1.807) is 4.68 Å². The van der Waals surface area contributed by atoms with Gasteiger partial charge in [-0.1, -0.05) is 13.0 Å². The quantitative estimate of drug-likeness (QED) is 0.823. The maximum Gasteiger partial charge on any atom is 0.142 e. The van der Waals surface area contributed by atoms with Gasteiger partial charge in [-0.05, 0) is 47.2 Å². The second kappa shape index (κ2) is 6.38. The molecule has 1 aromatic carbocycles. The highest BCUT2D eigenvalue weighted by atomic mass is 127. The van der Waals surface area contributed by atoms with Crippen molar-refractivity contribution in [2.45, 2.75) is 25.5 Å². The van der Waals surface area contributed by atoms with Gasteiger partial charge in [0.25, 0.3) is 0 Å². The van der Waals surface area contributed by atoms with Crippen LogP contribution < -0.4 is 10.5 Å². The number of nitrogens with zero attached hydrogens (tertiary/aromatic N) is 2. The number of aryl methyl sites for hydroxylation is 1. The number of benzene rings is 1. The number of rotatable bonds is 5. The number of halogens is 1. The maximum atomic E-state index is 6.18. The lowest BCUT2D eigenvalue weighted by molar-refractivity contribution is 0.171. The van der Waals surface area contributed by atoms with Crippen LogP contribution in [-0.4, -0.2) is 15.8 Å². The molecular weight excluding hydrogens is 353 g/mol. The zero-order chi connectivity index (χ0) is 13.8. The highest BCUT2D eigenvalue weighted by Gasteiger charge is 2.22. The van der Waals surface area contributed by atoms with E-state index in [2.05, 4.69) is 34.6 Å². The second-order valence-electron chi connectivity index (χ2n) is 4.52. The number of hydrogen-bond acceptors (Lipinski definition) is 3. The van der Waals surface area contributed by atoms with Crippen LogP contribution in [0.25, 0.3) is 0 Å². The summed E-state index contributed by atoms with van der Waals surface area (Å²) in [6, 6.07) is 7.92. The van der Waals surface area contributed by atoms with E-state index in [9.17, 15) is 0 Å². The molecule has 0 bridgehead atoms. The standard InChI is InChI=1S/C14H18IN3O/c1-3-13(16)14(10-8-17-18(2)9-10)19-12-6-4-5-11(15)7-12/h4-9,13-14H,3,16H2,1-2H3. The summed E-state index contributed by atoms with van der Waals surface area (Å²) in [6.07, 6.45) is 4.45. The molecule has 0 saturated carbocycles. The van der Waals surface area contributed by atoms with Gasteiger partial charge in [0.15, 0.2) is 0 Å². The highest BCUT2D eigenvalue weighted by molar-refractivity contribution is 14.1. The van der Waals surface area contributed by atoms with Crippen molar-refractivity contribution in [2.24, 2.45) is 12.8 Å². The van der Waals surface area contributed by atoms with Crippen LogP contribution in [0.3, 0.4) is 0 Å². The first-order valence-electron chi connectivity index (χ1n) is 6.26. The smallest absolute Gasteiger partial charge is 0.142 e. The summed E-state index contributed by atoms with van der Waals surface area (Å²) in [6.45, 7) is 2.06. The lowest BCUT2D eigenvalue weighted by Crippen LogP contribution is -2.31. The van der Waals surface area contributed by atoms with Crippen molar-refractivity contribution >= 4 is 22.6 Å². The Balaban J connectivity index is 2.24. The number of nitrogens with two attached hydrogens (primary N) is 1. The lowest BCUT2D eigenvalue weighted by Gasteiger charge is -2.23. The Labute approximate surface area is 127 Å². The minimum Gasteiger partial charge on any atom is -0.484 e. The predicted molar refractivity (Wildman–Crippen MR) is 84.0 cm³/mol. The lowest BCUT2D eigenvalue weighted by atomic mass is 10.0. The molecule has 2 atom stereocenters. The van der Waals surface area contributed by atoms with Crippen molar-refractivity contribution in [1.29, 1.82) is 0 Å². The zero-order valence-corrected chi connectivity index (χ0v) is 13.2. The molecule has 5 heteroatoms. The van der Waals surface area contributed by atoms with Crippen molar-refractivity contribution in [1.82, 2.24) is 9.78 Å². The summed E-state index contributed by atoms with van der Waals surface area (Å²) >= 11 is 2.27. The minimum atomic E-state index is -0.170. The molecule has 1 heterocycles. The monoisotopic (exact) mass is 371 g/mol. The molecule has 0 spiro atoms. The Morgan fingerprint density at radius 3 is 2.84 bits per heavy atom. The molecule has 0 amide bonds. The molecule has 2 N–H and O–H groups in total. The zero-order valence-electron chi connectivity index (χ0n) is 11.1. The summed E-state index contributed by atoms with van der Waals surface area (Å²) in [5.41, 5.74) is 7.19.